The molecule has 1 aromatic carbocycles. The highest BCUT2D eigenvalue weighted by Crippen LogP contribution is 2.22. The molecular weight excluding hydrogens is 260 g/mol. The predicted molar refractivity (Wildman–Crippen MR) is 76.2 cm³/mol. The lowest BCUT2D eigenvalue weighted by molar-refractivity contribution is 0.441. The Morgan fingerprint density at radius 3 is 2.79 bits per heavy atom. The van der Waals surface area contributed by atoms with Crippen molar-refractivity contribution >= 4 is 10.0 Å². The third-order valence-corrected chi connectivity index (χ3v) is 5.11. The third-order valence-electron chi connectivity index (χ3n) is 3.25. The molecule has 1 aliphatic heterocycles. The highest BCUT2D eigenvalue weighted by Gasteiger charge is 2.24. The van der Waals surface area contributed by atoms with Crippen LogP contribution in [0.15, 0.2) is 35.7 Å². The lowest BCUT2D eigenvalue weighted by atomic mass is 10.1. The Kier molecular flexibility index (Phi) is 4.39. The van der Waals surface area contributed by atoms with Crippen LogP contribution < -0.4 is 5.32 Å². The molecule has 0 radical (unpaired) electrons. The van der Waals surface area contributed by atoms with E-state index >= 15 is 0 Å². The standard InChI is InChI=1S/C14H20N2O2S/c1-3-7-16(8-4-2)19(17,18)14-6-5-12-10-15-11-13(12)9-14/h3,5-6,9,15H,1,4,7-8,10-11H2,2H3. The topological polar surface area (TPSA) is 49.4 Å². The smallest absolute Gasteiger partial charge is 0.243 e. The van der Waals surface area contributed by atoms with Crippen molar-refractivity contribution in [2.75, 3.05) is 13.1 Å². The average molecular weight is 280 g/mol. The van der Waals surface area contributed by atoms with E-state index in [-0.39, 0.29) is 0 Å². The minimum atomic E-state index is -3.41. The zero-order valence-corrected chi connectivity index (χ0v) is 12.0. The summed E-state index contributed by atoms with van der Waals surface area (Å²) in [5, 5.41) is 3.22. The predicted octanol–water partition coefficient (Wildman–Crippen LogP) is 1.88. The number of benzene rings is 1. The first-order chi connectivity index (χ1) is 9.09. The minimum Gasteiger partial charge on any atom is -0.309 e. The second-order valence-corrected chi connectivity index (χ2v) is 6.62. The Balaban J connectivity index is 2.34. The van der Waals surface area contributed by atoms with Crippen LogP contribution in [0.3, 0.4) is 0 Å². The van der Waals surface area contributed by atoms with Crippen molar-refractivity contribution in [3.8, 4) is 0 Å². The van der Waals surface area contributed by atoms with Crippen molar-refractivity contribution < 1.29 is 8.42 Å². The van der Waals surface area contributed by atoms with E-state index in [2.05, 4.69) is 11.9 Å². The molecule has 0 saturated carbocycles. The molecule has 19 heavy (non-hydrogen) atoms. The van der Waals surface area contributed by atoms with Gasteiger partial charge in [0.05, 0.1) is 4.90 Å². The van der Waals surface area contributed by atoms with Crippen LogP contribution in [0.2, 0.25) is 0 Å². The molecule has 0 unspecified atom stereocenters. The van der Waals surface area contributed by atoms with Gasteiger partial charge in [-0.05, 0) is 29.7 Å². The van der Waals surface area contributed by atoms with Gasteiger partial charge in [-0.3, -0.25) is 0 Å². The van der Waals surface area contributed by atoms with Crippen LogP contribution in [0.5, 0.6) is 0 Å². The largest absolute Gasteiger partial charge is 0.309 e. The zero-order chi connectivity index (χ0) is 13.9. The molecule has 1 heterocycles. The number of sulfonamides is 1. The van der Waals surface area contributed by atoms with Gasteiger partial charge < -0.3 is 5.32 Å². The molecule has 0 bridgehead atoms. The summed E-state index contributed by atoms with van der Waals surface area (Å²) in [5.74, 6) is 0. The van der Waals surface area contributed by atoms with E-state index in [1.54, 1.807) is 18.2 Å². The Labute approximate surface area is 115 Å². The lowest BCUT2D eigenvalue weighted by Gasteiger charge is -2.20. The number of nitrogens with one attached hydrogen (secondary N) is 1. The molecule has 0 aliphatic carbocycles. The fraction of sp³-hybridized carbons (Fsp3) is 0.429. The Bertz CT molecular complexity index is 567. The van der Waals surface area contributed by atoms with Gasteiger partial charge in [0.25, 0.3) is 0 Å². The Hall–Kier alpha value is -1.17. The summed E-state index contributed by atoms with van der Waals surface area (Å²) in [4.78, 5) is 0.380. The van der Waals surface area contributed by atoms with E-state index in [9.17, 15) is 8.42 Å². The van der Waals surface area contributed by atoms with Crippen molar-refractivity contribution in [3.05, 3.63) is 42.0 Å². The van der Waals surface area contributed by atoms with E-state index in [1.807, 2.05) is 13.0 Å². The Morgan fingerprint density at radius 1 is 1.37 bits per heavy atom. The maximum atomic E-state index is 12.6. The van der Waals surface area contributed by atoms with Gasteiger partial charge in [-0.1, -0.05) is 19.1 Å². The van der Waals surface area contributed by atoms with E-state index in [4.69, 9.17) is 0 Å². The monoisotopic (exact) mass is 280 g/mol. The van der Waals surface area contributed by atoms with Crippen LogP contribution in [0.1, 0.15) is 24.5 Å². The van der Waals surface area contributed by atoms with Crippen molar-refractivity contribution in [3.63, 3.8) is 0 Å². The number of hydrogen-bond donors (Lipinski definition) is 1. The summed E-state index contributed by atoms with van der Waals surface area (Å²) in [6.07, 6.45) is 2.42. The molecule has 0 amide bonds. The fourth-order valence-electron chi connectivity index (χ4n) is 2.28. The van der Waals surface area contributed by atoms with Gasteiger partial charge in [0.2, 0.25) is 10.0 Å². The molecule has 1 aromatic rings. The molecule has 4 nitrogen and oxygen atoms in total. The summed E-state index contributed by atoms with van der Waals surface area (Å²) < 4.78 is 26.6. The molecule has 0 fully saturated rings. The van der Waals surface area contributed by atoms with Gasteiger partial charge in [-0.2, -0.15) is 4.31 Å². The van der Waals surface area contributed by atoms with Gasteiger partial charge in [-0.25, -0.2) is 8.42 Å². The summed E-state index contributed by atoms with van der Waals surface area (Å²) in [5.41, 5.74) is 2.26. The normalized spacial score (nSPS) is 14.6. The van der Waals surface area contributed by atoms with Gasteiger partial charge in [0.1, 0.15) is 0 Å². The highest BCUT2D eigenvalue weighted by molar-refractivity contribution is 7.89. The van der Waals surface area contributed by atoms with Crippen molar-refractivity contribution in [1.82, 2.24) is 9.62 Å². The van der Waals surface area contributed by atoms with Crippen LogP contribution >= 0.6 is 0 Å². The number of rotatable bonds is 6. The second-order valence-electron chi connectivity index (χ2n) is 4.69. The van der Waals surface area contributed by atoms with Gasteiger partial charge in [0, 0.05) is 26.2 Å². The van der Waals surface area contributed by atoms with Crippen molar-refractivity contribution in [2.45, 2.75) is 31.3 Å². The van der Waals surface area contributed by atoms with Gasteiger partial charge in [0.15, 0.2) is 0 Å². The maximum Gasteiger partial charge on any atom is 0.243 e. The minimum absolute atomic E-state index is 0.353. The van der Waals surface area contributed by atoms with Crippen molar-refractivity contribution in [2.24, 2.45) is 0 Å². The third kappa shape index (κ3) is 2.88. The molecule has 104 valence electrons. The molecule has 1 N–H and O–H groups in total. The first-order valence-corrected chi connectivity index (χ1v) is 7.97. The average Bonchev–Trinajstić information content (AvgIpc) is 2.85. The molecular formula is C14H20N2O2S. The quantitative estimate of drug-likeness (QED) is 0.809. The summed E-state index contributed by atoms with van der Waals surface area (Å²) in [6, 6.07) is 5.39. The van der Waals surface area contributed by atoms with Crippen LogP contribution in [-0.4, -0.2) is 25.8 Å². The summed E-state index contributed by atoms with van der Waals surface area (Å²) >= 11 is 0. The van der Waals surface area contributed by atoms with Crippen LogP contribution in [0.25, 0.3) is 0 Å². The highest BCUT2D eigenvalue weighted by atomic mass is 32.2. The molecule has 0 aromatic heterocycles. The Morgan fingerprint density at radius 2 is 2.11 bits per heavy atom. The van der Waals surface area contributed by atoms with Crippen LogP contribution in [-0.2, 0) is 23.1 Å². The first-order valence-electron chi connectivity index (χ1n) is 6.53. The number of fused-ring (bicyclic) bond motifs is 1. The summed E-state index contributed by atoms with van der Waals surface area (Å²) in [7, 11) is -3.41. The maximum absolute atomic E-state index is 12.6. The van der Waals surface area contributed by atoms with Gasteiger partial charge >= 0.3 is 0 Å². The van der Waals surface area contributed by atoms with E-state index in [0.29, 0.717) is 18.0 Å². The van der Waals surface area contributed by atoms with E-state index in [1.165, 1.54) is 9.87 Å². The van der Waals surface area contributed by atoms with E-state index in [0.717, 1.165) is 25.1 Å². The van der Waals surface area contributed by atoms with Crippen LogP contribution in [0, 0.1) is 0 Å². The SMILES string of the molecule is C=CCN(CCC)S(=O)(=O)c1ccc2c(c1)CNC2. The van der Waals surface area contributed by atoms with Gasteiger partial charge in [-0.15, -0.1) is 6.58 Å². The lowest BCUT2D eigenvalue weighted by Crippen LogP contribution is -2.32. The molecule has 0 spiro atoms. The van der Waals surface area contributed by atoms with E-state index < -0.39 is 10.0 Å². The van der Waals surface area contributed by atoms with Crippen molar-refractivity contribution in [1.29, 1.82) is 0 Å². The zero-order valence-electron chi connectivity index (χ0n) is 11.2. The number of hydrogen-bond acceptors (Lipinski definition) is 3. The molecule has 1 aliphatic rings. The fourth-order valence-corrected chi connectivity index (χ4v) is 3.84. The molecule has 5 heteroatoms. The second kappa shape index (κ2) is 5.86. The molecule has 0 saturated heterocycles. The molecule has 0 atom stereocenters. The van der Waals surface area contributed by atoms with Crippen LogP contribution in [0.4, 0.5) is 0 Å². The summed E-state index contributed by atoms with van der Waals surface area (Å²) in [6.45, 7) is 8.04. The number of nitrogens with zero attached hydrogens (tertiary/aromatic N) is 1. The first kappa shape index (κ1) is 14.2. The molecule has 2 rings (SSSR count).